The molecule has 0 bridgehead atoms. The molecule has 6 rings (SSSR count). The van der Waals surface area contributed by atoms with Gasteiger partial charge in [0, 0.05) is 44.5 Å². The average molecular weight is 611 g/mol. The van der Waals surface area contributed by atoms with Crippen molar-refractivity contribution >= 4 is 23.5 Å². The summed E-state index contributed by atoms with van der Waals surface area (Å²) in [6.45, 7) is 2.54. The van der Waals surface area contributed by atoms with E-state index in [0.29, 0.717) is 35.0 Å². The number of aromatic nitrogens is 2. The third-order valence-electron chi connectivity index (χ3n) is 8.65. The Balaban J connectivity index is 1.19. The SMILES string of the molecule is COc1cc(C(=O)NC2CCC3(CC2)CN(C)C3)ccc1Nc1ncc(C(F)(F)F)c(Oc2cccc3c2C(=O)N(C)C3)n1. The van der Waals surface area contributed by atoms with Gasteiger partial charge in [-0.05, 0) is 68.0 Å². The molecule has 0 atom stereocenters. The molecular formula is C31H33F3N6O4. The molecule has 2 N–H and O–H groups in total. The minimum Gasteiger partial charge on any atom is -0.495 e. The topological polar surface area (TPSA) is 109 Å². The van der Waals surface area contributed by atoms with E-state index in [1.54, 1.807) is 37.4 Å². The minimum absolute atomic E-state index is 0.0342. The Hall–Kier alpha value is -4.39. The van der Waals surface area contributed by atoms with Crippen molar-refractivity contribution in [2.75, 3.05) is 39.6 Å². The number of anilines is 2. The number of rotatable bonds is 7. The zero-order valence-electron chi connectivity index (χ0n) is 24.6. The molecule has 13 heteroatoms. The predicted molar refractivity (Wildman–Crippen MR) is 155 cm³/mol. The highest BCUT2D eigenvalue weighted by Crippen LogP contribution is 2.43. The molecule has 2 fully saturated rings. The quantitative estimate of drug-likeness (QED) is 0.375. The number of halogens is 3. The summed E-state index contributed by atoms with van der Waals surface area (Å²) in [5, 5.41) is 5.99. The smallest absolute Gasteiger partial charge is 0.423 e. The molecule has 1 aliphatic carbocycles. The summed E-state index contributed by atoms with van der Waals surface area (Å²) in [6, 6.07) is 9.58. The van der Waals surface area contributed by atoms with Crippen molar-refractivity contribution in [3.63, 3.8) is 0 Å². The fourth-order valence-corrected chi connectivity index (χ4v) is 6.47. The van der Waals surface area contributed by atoms with E-state index in [0.717, 1.165) is 38.8 Å². The van der Waals surface area contributed by atoms with Gasteiger partial charge in [-0.1, -0.05) is 12.1 Å². The number of alkyl halides is 3. The number of likely N-dealkylation sites (tertiary alicyclic amines) is 1. The van der Waals surface area contributed by atoms with Gasteiger partial charge in [0.1, 0.15) is 17.1 Å². The van der Waals surface area contributed by atoms with Crippen LogP contribution in [-0.2, 0) is 12.7 Å². The van der Waals surface area contributed by atoms with Gasteiger partial charge < -0.3 is 29.9 Å². The summed E-state index contributed by atoms with van der Waals surface area (Å²) in [7, 11) is 5.14. The van der Waals surface area contributed by atoms with Gasteiger partial charge in [-0.15, -0.1) is 0 Å². The van der Waals surface area contributed by atoms with E-state index in [1.165, 1.54) is 18.1 Å². The third-order valence-corrected chi connectivity index (χ3v) is 8.65. The molecule has 10 nitrogen and oxygen atoms in total. The molecule has 2 aliphatic heterocycles. The Bertz CT molecular complexity index is 1600. The fraction of sp³-hybridized carbons (Fsp3) is 0.419. The van der Waals surface area contributed by atoms with Crippen LogP contribution in [-0.4, -0.2) is 71.9 Å². The molecular weight excluding hydrogens is 577 g/mol. The second-order valence-corrected chi connectivity index (χ2v) is 11.9. The molecule has 1 spiro atoms. The number of hydrogen-bond acceptors (Lipinski definition) is 8. The van der Waals surface area contributed by atoms with E-state index in [4.69, 9.17) is 9.47 Å². The van der Waals surface area contributed by atoms with Crippen molar-refractivity contribution in [3.05, 3.63) is 64.8 Å². The molecule has 3 aliphatic rings. The summed E-state index contributed by atoms with van der Waals surface area (Å²) < 4.78 is 52.8. The molecule has 1 aromatic heterocycles. The van der Waals surface area contributed by atoms with Crippen LogP contribution in [0.15, 0.2) is 42.6 Å². The van der Waals surface area contributed by atoms with Crippen LogP contribution in [0, 0.1) is 5.41 Å². The van der Waals surface area contributed by atoms with Crippen molar-refractivity contribution in [1.82, 2.24) is 25.1 Å². The number of carbonyl (C=O) groups excluding carboxylic acids is 2. The first-order chi connectivity index (χ1) is 20.9. The van der Waals surface area contributed by atoms with Crippen LogP contribution in [0.4, 0.5) is 24.8 Å². The number of amides is 2. The van der Waals surface area contributed by atoms with Crippen molar-refractivity contribution in [2.24, 2.45) is 5.41 Å². The molecule has 2 amide bonds. The Kier molecular flexibility index (Phi) is 7.60. The Morgan fingerprint density at radius 1 is 1.09 bits per heavy atom. The van der Waals surface area contributed by atoms with Gasteiger partial charge in [0.15, 0.2) is 0 Å². The molecule has 1 saturated carbocycles. The number of ether oxygens (including phenoxy) is 2. The first-order valence-electron chi connectivity index (χ1n) is 14.4. The van der Waals surface area contributed by atoms with Crippen LogP contribution in [0.5, 0.6) is 17.4 Å². The van der Waals surface area contributed by atoms with Gasteiger partial charge in [-0.25, -0.2) is 4.98 Å². The summed E-state index contributed by atoms with van der Waals surface area (Å²) >= 11 is 0. The lowest BCUT2D eigenvalue weighted by atomic mass is 9.67. The second kappa shape index (κ2) is 11.3. The number of nitrogens with one attached hydrogen (secondary N) is 2. The largest absolute Gasteiger partial charge is 0.495 e. The maximum Gasteiger partial charge on any atom is 0.423 e. The molecule has 0 radical (unpaired) electrons. The third kappa shape index (κ3) is 5.75. The summed E-state index contributed by atoms with van der Waals surface area (Å²) in [5.74, 6) is -1.30. The average Bonchev–Trinajstić information content (AvgIpc) is 3.26. The van der Waals surface area contributed by atoms with E-state index in [1.807, 2.05) is 0 Å². The van der Waals surface area contributed by atoms with E-state index >= 15 is 0 Å². The number of methoxy groups -OCH3 is 1. The van der Waals surface area contributed by atoms with E-state index in [9.17, 15) is 22.8 Å². The number of carbonyl (C=O) groups is 2. The van der Waals surface area contributed by atoms with Crippen LogP contribution in [0.1, 0.15) is 57.5 Å². The Labute approximate surface area is 252 Å². The fourth-order valence-electron chi connectivity index (χ4n) is 6.47. The highest BCUT2D eigenvalue weighted by atomic mass is 19.4. The highest BCUT2D eigenvalue weighted by Gasteiger charge is 2.43. The molecule has 2 aromatic carbocycles. The molecule has 3 heterocycles. The van der Waals surface area contributed by atoms with Crippen molar-refractivity contribution in [2.45, 2.75) is 44.4 Å². The maximum absolute atomic E-state index is 13.9. The zero-order valence-corrected chi connectivity index (χ0v) is 24.6. The lowest BCUT2D eigenvalue weighted by molar-refractivity contribution is -0.139. The van der Waals surface area contributed by atoms with E-state index < -0.39 is 17.6 Å². The van der Waals surface area contributed by atoms with Crippen molar-refractivity contribution < 1.29 is 32.2 Å². The van der Waals surface area contributed by atoms with E-state index in [-0.39, 0.29) is 40.9 Å². The number of benzene rings is 2. The standard InChI is InChI=1S/C31H33F3N6O4/c1-39-16-30(17-39)11-9-20(10-12-30)36-26(41)18-7-8-22(24(13-18)43-3)37-29-35-14-21(31(32,33)34)27(38-29)44-23-6-4-5-19-15-40(2)28(42)25(19)23/h4-8,13-14,20H,9-12,15-17H2,1-3H3,(H,36,41)(H,35,37,38). The number of hydrogen-bond donors (Lipinski definition) is 2. The lowest BCUT2D eigenvalue weighted by Gasteiger charge is -2.52. The van der Waals surface area contributed by atoms with Gasteiger partial charge in [-0.2, -0.15) is 18.2 Å². The molecule has 44 heavy (non-hydrogen) atoms. The van der Waals surface area contributed by atoms with Gasteiger partial charge in [0.05, 0.1) is 18.4 Å². The van der Waals surface area contributed by atoms with Gasteiger partial charge in [0.2, 0.25) is 11.8 Å². The normalized spacial score (nSPS) is 18.1. The molecule has 3 aromatic rings. The van der Waals surface area contributed by atoms with Crippen molar-refractivity contribution in [1.29, 1.82) is 0 Å². The van der Waals surface area contributed by atoms with Crippen LogP contribution < -0.4 is 20.1 Å². The van der Waals surface area contributed by atoms with E-state index in [2.05, 4.69) is 32.5 Å². The Morgan fingerprint density at radius 2 is 1.84 bits per heavy atom. The Morgan fingerprint density at radius 3 is 2.52 bits per heavy atom. The first kappa shape index (κ1) is 29.7. The van der Waals surface area contributed by atoms with Crippen LogP contribution in [0.3, 0.4) is 0 Å². The summed E-state index contributed by atoms with van der Waals surface area (Å²) in [5.41, 5.74) is 0.754. The van der Waals surface area contributed by atoms with Crippen molar-refractivity contribution in [3.8, 4) is 17.4 Å². The zero-order chi connectivity index (χ0) is 31.2. The maximum atomic E-state index is 13.9. The molecule has 1 saturated heterocycles. The molecule has 0 unspecified atom stereocenters. The minimum atomic E-state index is -4.81. The summed E-state index contributed by atoms with van der Waals surface area (Å²) in [6.07, 6.45) is -0.148. The highest BCUT2D eigenvalue weighted by molar-refractivity contribution is 6.01. The van der Waals surface area contributed by atoms with Crippen LogP contribution >= 0.6 is 0 Å². The first-order valence-corrected chi connectivity index (χ1v) is 14.4. The van der Waals surface area contributed by atoms with Crippen LogP contribution in [0.25, 0.3) is 0 Å². The van der Waals surface area contributed by atoms with Gasteiger partial charge >= 0.3 is 6.18 Å². The van der Waals surface area contributed by atoms with Gasteiger partial charge in [-0.3, -0.25) is 9.59 Å². The monoisotopic (exact) mass is 610 g/mol. The second-order valence-electron chi connectivity index (χ2n) is 11.9. The number of fused-ring (bicyclic) bond motifs is 1. The number of nitrogens with zero attached hydrogens (tertiary/aromatic N) is 4. The molecule has 232 valence electrons. The van der Waals surface area contributed by atoms with Crippen LogP contribution in [0.2, 0.25) is 0 Å². The van der Waals surface area contributed by atoms with Gasteiger partial charge in [0.25, 0.3) is 11.8 Å². The lowest BCUT2D eigenvalue weighted by Crippen LogP contribution is -2.57. The summed E-state index contributed by atoms with van der Waals surface area (Å²) in [4.78, 5) is 37.3. The predicted octanol–water partition coefficient (Wildman–Crippen LogP) is 5.23.